The van der Waals surface area contributed by atoms with Crippen molar-refractivity contribution in [3.8, 4) is 5.75 Å². The predicted octanol–water partition coefficient (Wildman–Crippen LogP) is 5.57. The van der Waals surface area contributed by atoms with Gasteiger partial charge in [-0.25, -0.2) is 9.79 Å². The maximum Gasteiger partial charge on any atom is 0.356 e. The number of carbonyl (C=O) groups excluding carboxylic acids is 1. The molecule has 0 aliphatic rings. The minimum absolute atomic E-state index is 0.256. The fourth-order valence-electron chi connectivity index (χ4n) is 3.30. The summed E-state index contributed by atoms with van der Waals surface area (Å²) in [6.07, 6.45) is 1.85. The first-order chi connectivity index (χ1) is 14.9. The first-order valence-electron chi connectivity index (χ1n) is 10.1. The molecule has 0 saturated heterocycles. The number of benzene rings is 3. The summed E-state index contributed by atoms with van der Waals surface area (Å²) in [7, 11) is 3.01. The van der Waals surface area contributed by atoms with Crippen LogP contribution in [0, 0.1) is 0 Å². The summed E-state index contributed by atoms with van der Waals surface area (Å²) in [5.41, 5.74) is 3.38. The summed E-state index contributed by atoms with van der Waals surface area (Å²) in [4.78, 5) is 17.5. The molecule has 0 aromatic heterocycles. The number of carbonyl (C=O) groups is 1. The Labute approximate surface area is 183 Å². The summed E-state index contributed by atoms with van der Waals surface area (Å²) in [6, 6.07) is 27.4. The number of esters is 1. The van der Waals surface area contributed by atoms with E-state index in [1.165, 1.54) is 7.11 Å². The Balaban J connectivity index is 2.13. The fraction of sp³-hybridized carbons (Fsp3) is 0.185. The fourth-order valence-corrected chi connectivity index (χ4v) is 3.30. The number of hydrogen-bond acceptors (Lipinski definition) is 4. The van der Waals surface area contributed by atoms with Crippen molar-refractivity contribution in [3.63, 3.8) is 0 Å². The van der Waals surface area contributed by atoms with Gasteiger partial charge in [-0.3, -0.25) is 0 Å². The molecule has 0 amide bonds. The van der Waals surface area contributed by atoms with Crippen molar-refractivity contribution < 1.29 is 14.3 Å². The van der Waals surface area contributed by atoms with Crippen molar-refractivity contribution in [1.82, 2.24) is 0 Å². The molecule has 0 aliphatic heterocycles. The summed E-state index contributed by atoms with van der Waals surface area (Å²) in [5, 5.41) is 0. The molecule has 3 rings (SSSR count). The van der Waals surface area contributed by atoms with Crippen LogP contribution in [0.4, 0.5) is 0 Å². The summed E-state index contributed by atoms with van der Waals surface area (Å²) in [5.74, 6) is 0.302. The lowest BCUT2D eigenvalue weighted by molar-refractivity contribution is -0.136. The quantitative estimate of drug-likeness (QED) is 0.289. The molecule has 4 heteroatoms. The lowest BCUT2D eigenvalue weighted by atomic mass is 9.83. The van der Waals surface area contributed by atoms with E-state index in [9.17, 15) is 4.79 Å². The van der Waals surface area contributed by atoms with E-state index in [0.29, 0.717) is 5.71 Å². The van der Waals surface area contributed by atoms with Crippen LogP contribution in [-0.4, -0.2) is 25.9 Å². The molecular weight excluding hydrogens is 386 g/mol. The molecule has 0 spiro atoms. The Kier molecular flexibility index (Phi) is 7.03. The summed E-state index contributed by atoms with van der Waals surface area (Å²) < 4.78 is 10.3. The highest BCUT2D eigenvalue weighted by atomic mass is 16.5. The molecule has 0 bridgehead atoms. The Hall–Kier alpha value is -3.66. The summed E-state index contributed by atoms with van der Waals surface area (Å²) >= 11 is 0. The molecule has 0 heterocycles. The third-order valence-electron chi connectivity index (χ3n) is 5.05. The molecule has 0 saturated carbocycles. The average molecular weight is 414 g/mol. The molecule has 0 fully saturated rings. The highest BCUT2D eigenvalue weighted by Crippen LogP contribution is 2.29. The van der Waals surface area contributed by atoms with Gasteiger partial charge in [0.1, 0.15) is 11.4 Å². The van der Waals surface area contributed by atoms with E-state index in [2.05, 4.69) is 0 Å². The molecule has 0 unspecified atom stereocenters. The molecular formula is C27H27NO3. The topological polar surface area (TPSA) is 47.9 Å². The van der Waals surface area contributed by atoms with Crippen molar-refractivity contribution in [2.75, 3.05) is 14.2 Å². The van der Waals surface area contributed by atoms with Gasteiger partial charge in [0.15, 0.2) is 0 Å². The van der Waals surface area contributed by atoms with E-state index in [4.69, 9.17) is 14.5 Å². The summed E-state index contributed by atoms with van der Waals surface area (Å²) in [6.45, 7) is 4.08. The molecule has 158 valence electrons. The Morgan fingerprint density at radius 1 is 0.806 bits per heavy atom. The first kappa shape index (κ1) is 22.0. The maximum absolute atomic E-state index is 12.7. The van der Waals surface area contributed by atoms with Gasteiger partial charge < -0.3 is 9.47 Å². The number of aliphatic imine (C=N–C) groups is 1. The van der Waals surface area contributed by atoms with Crippen molar-refractivity contribution in [2.45, 2.75) is 19.3 Å². The second kappa shape index (κ2) is 9.90. The van der Waals surface area contributed by atoms with Gasteiger partial charge in [0.25, 0.3) is 0 Å². The number of nitrogens with zero attached hydrogens (tertiary/aromatic N) is 1. The molecule has 3 aromatic rings. The minimum Gasteiger partial charge on any atom is -0.497 e. The lowest BCUT2D eigenvalue weighted by Gasteiger charge is -2.22. The van der Waals surface area contributed by atoms with Gasteiger partial charge >= 0.3 is 5.97 Å². The maximum atomic E-state index is 12.7. The molecule has 4 nitrogen and oxygen atoms in total. The van der Waals surface area contributed by atoms with Gasteiger partial charge in [-0.2, -0.15) is 0 Å². The predicted molar refractivity (Wildman–Crippen MR) is 125 cm³/mol. The van der Waals surface area contributed by atoms with E-state index < -0.39 is 11.4 Å². The second-order valence-corrected chi connectivity index (χ2v) is 7.66. The van der Waals surface area contributed by atoms with Crippen LogP contribution in [0.5, 0.6) is 5.75 Å². The second-order valence-electron chi connectivity index (χ2n) is 7.66. The van der Waals surface area contributed by atoms with Crippen LogP contribution < -0.4 is 4.74 Å². The smallest absolute Gasteiger partial charge is 0.356 e. The Morgan fingerprint density at radius 2 is 1.32 bits per heavy atom. The number of methoxy groups -OCH3 is 2. The first-order valence-corrected chi connectivity index (χ1v) is 10.1. The normalized spacial score (nSPS) is 11.5. The van der Waals surface area contributed by atoms with Gasteiger partial charge in [0, 0.05) is 16.5 Å². The minimum atomic E-state index is -0.481. The van der Waals surface area contributed by atoms with Crippen LogP contribution in [0.25, 0.3) is 0 Å². The zero-order chi connectivity index (χ0) is 22.3. The van der Waals surface area contributed by atoms with Crippen LogP contribution in [-0.2, 0) is 14.9 Å². The number of ether oxygens (including phenoxy) is 2. The van der Waals surface area contributed by atoms with Crippen LogP contribution in [0.2, 0.25) is 0 Å². The van der Waals surface area contributed by atoms with E-state index in [1.54, 1.807) is 7.11 Å². The zero-order valence-electron chi connectivity index (χ0n) is 18.3. The molecule has 0 aliphatic carbocycles. The number of rotatable bonds is 7. The highest BCUT2D eigenvalue weighted by Gasteiger charge is 2.23. The number of hydrogen-bond donors (Lipinski definition) is 0. The van der Waals surface area contributed by atoms with Crippen molar-refractivity contribution >= 4 is 11.7 Å². The monoisotopic (exact) mass is 413 g/mol. The van der Waals surface area contributed by atoms with Crippen LogP contribution in [0.15, 0.2) is 102 Å². The van der Waals surface area contributed by atoms with E-state index in [1.807, 2.05) is 105 Å². The largest absolute Gasteiger partial charge is 0.497 e. The highest BCUT2D eigenvalue weighted by molar-refractivity contribution is 6.14. The van der Waals surface area contributed by atoms with Gasteiger partial charge in [-0.1, -0.05) is 86.6 Å². The van der Waals surface area contributed by atoms with Gasteiger partial charge in [-0.05, 0) is 23.8 Å². The third kappa shape index (κ3) is 5.48. The molecule has 0 atom stereocenters. The average Bonchev–Trinajstić information content (AvgIpc) is 2.82. The van der Waals surface area contributed by atoms with Crippen molar-refractivity contribution in [1.29, 1.82) is 0 Å². The van der Waals surface area contributed by atoms with E-state index >= 15 is 0 Å². The van der Waals surface area contributed by atoms with Gasteiger partial charge in [0.2, 0.25) is 0 Å². The van der Waals surface area contributed by atoms with E-state index in [0.717, 1.165) is 22.4 Å². The van der Waals surface area contributed by atoms with Crippen LogP contribution in [0.3, 0.4) is 0 Å². The molecule has 31 heavy (non-hydrogen) atoms. The SMILES string of the molecule is COC(=O)/C(=C/C(C)(C)c1ccc(OC)cc1)N=C(c1ccccc1)c1ccccc1. The zero-order valence-corrected chi connectivity index (χ0v) is 18.3. The van der Waals surface area contributed by atoms with Crippen molar-refractivity contribution in [3.05, 3.63) is 113 Å². The number of allylic oxidation sites excluding steroid dienone is 1. The van der Waals surface area contributed by atoms with Crippen LogP contribution >= 0.6 is 0 Å². The van der Waals surface area contributed by atoms with Crippen LogP contribution in [0.1, 0.15) is 30.5 Å². The third-order valence-corrected chi connectivity index (χ3v) is 5.05. The molecule has 0 N–H and O–H groups in total. The van der Waals surface area contributed by atoms with Gasteiger partial charge in [-0.15, -0.1) is 0 Å². The Bertz CT molecular complexity index is 1020. The molecule has 0 radical (unpaired) electrons. The van der Waals surface area contributed by atoms with E-state index in [-0.39, 0.29) is 5.70 Å². The lowest BCUT2D eigenvalue weighted by Crippen LogP contribution is -2.18. The van der Waals surface area contributed by atoms with Gasteiger partial charge in [0.05, 0.1) is 19.9 Å². The Morgan fingerprint density at radius 3 is 1.77 bits per heavy atom. The standard InChI is InChI=1S/C27H27NO3/c1-27(2,22-15-17-23(30-3)18-16-22)19-24(26(29)31-4)28-25(20-11-7-5-8-12-20)21-13-9-6-10-14-21/h5-19H,1-4H3/b24-19-. The molecule has 3 aromatic carbocycles. The van der Waals surface area contributed by atoms with Crippen molar-refractivity contribution in [2.24, 2.45) is 4.99 Å².